The summed E-state index contributed by atoms with van der Waals surface area (Å²) in [6.45, 7) is 4.02. The lowest BCUT2D eigenvalue weighted by Crippen LogP contribution is -1.85. The number of ether oxygens (including phenoxy) is 1. The summed E-state index contributed by atoms with van der Waals surface area (Å²) in [6, 6.07) is 3.49. The zero-order chi connectivity index (χ0) is 10.3. The maximum absolute atomic E-state index is 9.60. The molecule has 0 spiro atoms. The number of nitrogens with one attached hydrogen (secondary N) is 1. The van der Waals surface area contributed by atoms with Gasteiger partial charge in [-0.15, -0.1) is 0 Å². The number of H-pyrrole nitrogens is 1. The molecule has 3 heteroatoms. The average Bonchev–Trinajstić information content (AvgIpc) is 2.45. The second-order valence-corrected chi connectivity index (χ2v) is 3.42. The van der Waals surface area contributed by atoms with E-state index in [1.807, 2.05) is 19.9 Å². The number of hydrogen-bond acceptors (Lipinski definition) is 2. The molecular formula is C11H13NO2. The van der Waals surface area contributed by atoms with E-state index in [-0.39, 0.29) is 5.75 Å². The Hall–Kier alpha value is -1.64. The number of aromatic amines is 1. The monoisotopic (exact) mass is 191 g/mol. The van der Waals surface area contributed by atoms with E-state index in [0.717, 1.165) is 22.2 Å². The maximum atomic E-state index is 9.60. The lowest BCUT2D eigenvalue weighted by molar-refractivity contribution is 0.378. The van der Waals surface area contributed by atoms with Crippen molar-refractivity contribution in [1.82, 2.24) is 4.98 Å². The summed E-state index contributed by atoms with van der Waals surface area (Å²) in [5, 5.41) is 10.6. The SMILES string of the molecule is COc1c(O)ccc2[nH]c(C)c(C)c12. The number of aryl methyl sites for hydroxylation is 2. The minimum absolute atomic E-state index is 0.183. The molecule has 0 atom stereocenters. The van der Waals surface area contributed by atoms with E-state index in [1.54, 1.807) is 13.2 Å². The Labute approximate surface area is 82.3 Å². The molecule has 0 fully saturated rings. The summed E-state index contributed by atoms with van der Waals surface area (Å²) in [5.41, 5.74) is 3.21. The van der Waals surface area contributed by atoms with Gasteiger partial charge in [-0.05, 0) is 31.5 Å². The molecule has 14 heavy (non-hydrogen) atoms. The molecule has 3 nitrogen and oxygen atoms in total. The van der Waals surface area contributed by atoms with Crippen LogP contribution in [0, 0.1) is 13.8 Å². The summed E-state index contributed by atoms with van der Waals surface area (Å²) in [5.74, 6) is 0.728. The van der Waals surface area contributed by atoms with Gasteiger partial charge in [0.05, 0.1) is 7.11 Å². The number of benzene rings is 1. The molecule has 0 radical (unpaired) electrons. The van der Waals surface area contributed by atoms with Crippen LogP contribution >= 0.6 is 0 Å². The third-order valence-electron chi connectivity index (χ3n) is 2.60. The molecule has 1 aromatic heterocycles. The van der Waals surface area contributed by atoms with Gasteiger partial charge in [0, 0.05) is 16.6 Å². The number of fused-ring (bicyclic) bond motifs is 1. The molecule has 1 aromatic carbocycles. The molecule has 1 heterocycles. The van der Waals surface area contributed by atoms with Crippen LogP contribution in [0.3, 0.4) is 0 Å². The summed E-state index contributed by atoms with van der Waals surface area (Å²) >= 11 is 0. The van der Waals surface area contributed by atoms with Gasteiger partial charge < -0.3 is 14.8 Å². The molecule has 74 valence electrons. The molecule has 0 saturated carbocycles. The van der Waals surface area contributed by atoms with Crippen molar-refractivity contribution in [2.24, 2.45) is 0 Å². The van der Waals surface area contributed by atoms with Crippen LogP contribution < -0.4 is 4.74 Å². The highest BCUT2D eigenvalue weighted by molar-refractivity contribution is 5.92. The Kier molecular flexibility index (Phi) is 1.88. The fourth-order valence-corrected chi connectivity index (χ4v) is 1.74. The standard InChI is InChI=1S/C11H13NO2/c1-6-7(2)12-8-4-5-9(13)11(14-3)10(6)8/h4-5,12-13H,1-3H3. The topological polar surface area (TPSA) is 45.2 Å². The van der Waals surface area contributed by atoms with Crippen LogP contribution in [0.25, 0.3) is 10.9 Å². The molecule has 0 unspecified atom stereocenters. The van der Waals surface area contributed by atoms with E-state index >= 15 is 0 Å². The first-order chi connectivity index (χ1) is 6.65. The highest BCUT2D eigenvalue weighted by Crippen LogP contribution is 2.37. The number of aromatic hydroxyl groups is 1. The van der Waals surface area contributed by atoms with Crippen LogP contribution in [-0.2, 0) is 0 Å². The van der Waals surface area contributed by atoms with E-state index in [0.29, 0.717) is 5.75 Å². The maximum Gasteiger partial charge on any atom is 0.170 e. The normalized spacial score (nSPS) is 10.8. The van der Waals surface area contributed by atoms with Crippen LogP contribution in [-0.4, -0.2) is 17.2 Å². The molecule has 2 aromatic rings. The number of aromatic nitrogens is 1. The van der Waals surface area contributed by atoms with Crippen molar-refractivity contribution < 1.29 is 9.84 Å². The molecule has 0 aliphatic rings. The number of methoxy groups -OCH3 is 1. The van der Waals surface area contributed by atoms with E-state index in [1.165, 1.54) is 0 Å². The molecule has 2 rings (SSSR count). The van der Waals surface area contributed by atoms with Crippen molar-refractivity contribution in [2.45, 2.75) is 13.8 Å². The third-order valence-corrected chi connectivity index (χ3v) is 2.60. The van der Waals surface area contributed by atoms with Crippen LogP contribution in [0.2, 0.25) is 0 Å². The van der Waals surface area contributed by atoms with Crippen LogP contribution in [0.5, 0.6) is 11.5 Å². The predicted molar refractivity (Wildman–Crippen MR) is 56.0 cm³/mol. The summed E-state index contributed by atoms with van der Waals surface area (Å²) in [4.78, 5) is 3.24. The second-order valence-electron chi connectivity index (χ2n) is 3.42. The van der Waals surface area contributed by atoms with Gasteiger partial charge in [-0.1, -0.05) is 0 Å². The van der Waals surface area contributed by atoms with Crippen LogP contribution in [0.1, 0.15) is 11.3 Å². The molecule has 0 bridgehead atoms. The lowest BCUT2D eigenvalue weighted by Gasteiger charge is -2.05. The first-order valence-corrected chi connectivity index (χ1v) is 4.50. The highest BCUT2D eigenvalue weighted by atomic mass is 16.5. The average molecular weight is 191 g/mol. The van der Waals surface area contributed by atoms with Gasteiger partial charge in [0.2, 0.25) is 0 Å². The smallest absolute Gasteiger partial charge is 0.170 e. The Morgan fingerprint density at radius 2 is 2.00 bits per heavy atom. The van der Waals surface area contributed by atoms with Crippen molar-refractivity contribution in [3.63, 3.8) is 0 Å². The fraction of sp³-hybridized carbons (Fsp3) is 0.273. The van der Waals surface area contributed by atoms with E-state index < -0.39 is 0 Å². The third kappa shape index (κ3) is 1.05. The molecule has 0 aliphatic heterocycles. The Morgan fingerprint density at radius 1 is 1.29 bits per heavy atom. The van der Waals surface area contributed by atoms with Crippen LogP contribution in [0.15, 0.2) is 12.1 Å². The van der Waals surface area contributed by atoms with Crippen molar-refractivity contribution >= 4 is 10.9 Å². The van der Waals surface area contributed by atoms with Crippen molar-refractivity contribution in [3.8, 4) is 11.5 Å². The predicted octanol–water partition coefficient (Wildman–Crippen LogP) is 2.50. The zero-order valence-corrected chi connectivity index (χ0v) is 8.51. The zero-order valence-electron chi connectivity index (χ0n) is 8.51. The minimum Gasteiger partial charge on any atom is -0.504 e. The van der Waals surface area contributed by atoms with Gasteiger partial charge in [-0.3, -0.25) is 0 Å². The van der Waals surface area contributed by atoms with Crippen molar-refractivity contribution in [1.29, 1.82) is 0 Å². The molecular weight excluding hydrogens is 178 g/mol. The van der Waals surface area contributed by atoms with E-state index in [2.05, 4.69) is 4.98 Å². The number of rotatable bonds is 1. The number of hydrogen-bond donors (Lipinski definition) is 2. The second kappa shape index (κ2) is 2.94. The van der Waals surface area contributed by atoms with E-state index in [4.69, 9.17) is 4.74 Å². The van der Waals surface area contributed by atoms with Gasteiger partial charge in [0.25, 0.3) is 0 Å². The fourth-order valence-electron chi connectivity index (χ4n) is 1.74. The summed E-state index contributed by atoms with van der Waals surface area (Å²) in [6.07, 6.45) is 0. The minimum atomic E-state index is 0.183. The Morgan fingerprint density at radius 3 is 2.64 bits per heavy atom. The quantitative estimate of drug-likeness (QED) is 0.727. The van der Waals surface area contributed by atoms with Crippen molar-refractivity contribution in [3.05, 3.63) is 23.4 Å². The molecule has 2 N–H and O–H groups in total. The summed E-state index contributed by atoms with van der Waals surface area (Å²) < 4.78 is 5.18. The van der Waals surface area contributed by atoms with Crippen molar-refractivity contribution in [2.75, 3.05) is 7.11 Å². The van der Waals surface area contributed by atoms with Gasteiger partial charge in [-0.2, -0.15) is 0 Å². The van der Waals surface area contributed by atoms with Crippen LogP contribution in [0.4, 0.5) is 0 Å². The first-order valence-electron chi connectivity index (χ1n) is 4.50. The number of phenols is 1. The lowest BCUT2D eigenvalue weighted by atomic mass is 10.1. The van der Waals surface area contributed by atoms with Gasteiger partial charge in [0.15, 0.2) is 11.5 Å². The highest BCUT2D eigenvalue weighted by Gasteiger charge is 2.12. The first kappa shape index (κ1) is 8.94. The molecule has 0 amide bonds. The molecule has 0 aliphatic carbocycles. The molecule has 0 saturated heterocycles. The summed E-state index contributed by atoms with van der Waals surface area (Å²) in [7, 11) is 1.57. The van der Waals surface area contributed by atoms with Gasteiger partial charge in [-0.25, -0.2) is 0 Å². The Balaban J connectivity index is 2.91. The Bertz CT molecular complexity index is 485. The van der Waals surface area contributed by atoms with Gasteiger partial charge in [0.1, 0.15) is 0 Å². The largest absolute Gasteiger partial charge is 0.504 e. The number of phenolic OH excluding ortho intramolecular Hbond substituents is 1. The van der Waals surface area contributed by atoms with E-state index in [9.17, 15) is 5.11 Å². The van der Waals surface area contributed by atoms with Gasteiger partial charge >= 0.3 is 0 Å².